The van der Waals surface area contributed by atoms with Crippen molar-refractivity contribution < 1.29 is 0 Å². The Morgan fingerprint density at radius 2 is 0.727 bits per heavy atom. The molecule has 0 unspecified atom stereocenters. The molecule has 77 heavy (non-hydrogen) atoms. The summed E-state index contributed by atoms with van der Waals surface area (Å²) in [6.07, 6.45) is 0. The van der Waals surface area contributed by atoms with Crippen LogP contribution in [0.1, 0.15) is 105 Å². The van der Waals surface area contributed by atoms with Crippen LogP contribution in [0.25, 0.3) is 84.9 Å². The molecule has 0 atom stereocenters. The van der Waals surface area contributed by atoms with Gasteiger partial charge in [-0.3, -0.25) is 0 Å². The molecule has 0 saturated carbocycles. The maximum atomic E-state index is 2.90. The van der Waals surface area contributed by atoms with Crippen LogP contribution >= 0.6 is 22.7 Å². The Morgan fingerprint density at radius 3 is 1.14 bits per heavy atom. The van der Waals surface area contributed by atoms with Crippen LogP contribution in [0, 0.1) is 0 Å². The van der Waals surface area contributed by atoms with E-state index < -0.39 is 0 Å². The molecule has 2 aromatic heterocycles. The van der Waals surface area contributed by atoms with E-state index in [9.17, 15) is 0 Å². The van der Waals surface area contributed by atoms with E-state index in [4.69, 9.17) is 0 Å². The predicted octanol–water partition coefficient (Wildman–Crippen LogP) is 14.6. The Hall–Kier alpha value is -6.79. The lowest BCUT2D eigenvalue weighted by molar-refractivity contribution is 0.590. The molecule has 0 saturated heterocycles. The van der Waals surface area contributed by atoms with Crippen LogP contribution in [-0.4, -0.2) is 20.4 Å². The number of hydrogen-bond acceptors (Lipinski definition) is 4. The maximum absolute atomic E-state index is 2.90. The number of benzene rings is 9. The molecule has 370 valence electrons. The smallest absolute Gasteiger partial charge is 0.329 e. The van der Waals surface area contributed by atoms with Gasteiger partial charge in [0.1, 0.15) is 0 Å². The number of anilines is 4. The van der Waals surface area contributed by atoms with Crippen molar-refractivity contribution in [2.24, 2.45) is 0 Å². The zero-order valence-corrected chi connectivity index (χ0v) is 47.9. The third-order valence-electron chi connectivity index (χ3n) is 19.0. The molecule has 6 aliphatic heterocycles. The molecule has 2 nitrogen and oxygen atoms in total. The summed E-state index contributed by atoms with van der Waals surface area (Å²) in [7, 11) is 0. The molecule has 11 aromatic rings. The average molecular weight is 1020 g/mol. The van der Waals surface area contributed by atoms with Gasteiger partial charge in [-0.05, 0) is 135 Å². The molecule has 0 spiro atoms. The fraction of sp³-hybridized carbons (Fsp3) is 0.229. The van der Waals surface area contributed by atoms with Crippen molar-refractivity contribution in [3.05, 3.63) is 162 Å². The highest BCUT2D eigenvalue weighted by molar-refractivity contribution is 7.27. The van der Waals surface area contributed by atoms with Gasteiger partial charge in [0.2, 0.25) is 0 Å². The van der Waals surface area contributed by atoms with Crippen LogP contribution in [0.2, 0.25) is 0 Å². The van der Waals surface area contributed by atoms with E-state index in [1.807, 2.05) is 22.7 Å². The van der Waals surface area contributed by atoms with E-state index in [0.717, 1.165) is 0 Å². The topological polar surface area (TPSA) is 6.48 Å². The fourth-order valence-corrected chi connectivity index (χ4v) is 17.7. The molecule has 0 aliphatic carbocycles. The molecule has 7 heteroatoms. The van der Waals surface area contributed by atoms with Crippen molar-refractivity contribution in [3.8, 4) is 44.5 Å². The van der Waals surface area contributed by atoms with E-state index in [1.165, 1.54) is 168 Å². The number of nitrogens with zero attached hydrogens (tertiary/aromatic N) is 2. The monoisotopic (exact) mass is 1020 g/mol. The lowest BCUT2D eigenvalue weighted by Gasteiger charge is -2.55. The molecule has 6 aliphatic rings. The fourth-order valence-electron chi connectivity index (χ4n) is 15.2. The minimum atomic E-state index is -0.109. The van der Waals surface area contributed by atoms with Crippen LogP contribution in [0.4, 0.5) is 22.7 Å². The molecular formula is C70H59B3N2S2. The van der Waals surface area contributed by atoms with E-state index >= 15 is 0 Å². The molecule has 0 amide bonds. The van der Waals surface area contributed by atoms with Gasteiger partial charge < -0.3 is 9.62 Å². The quantitative estimate of drug-likeness (QED) is 0.140. The zero-order valence-electron chi connectivity index (χ0n) is 46.2. The van der Waals surface area contributed by atoms with Gasteiger partial charge in [-0.1, -0.05) is 192 Å². The summed E-state index contributed by atoms with van der Waals surface area (Å²) in [6, 6.07) is 56.7. The standard InChI is InChI=1S/C70H59B3N2S2/c1-67(2,3)36-21-23-40-46-35-47-41-24-22-37(68(4,5)6)32-53(41)73-51-28-26-45-43-18-14-16-20-57(43)77-66(45)59(51)49-30-39(70(10,11)12)34-55-62(49)75(73)64(47)60-63(46)74-61-48(29-38(69(7,8)9)33-54(61)71(55)60)58-50(72(74)52(40)31-36)27-25-44-42-17-13-15-19-56(42)76-65(44)58/h13-35H,1-12H3. The van der Waals surface area contributed by atoms with Gasteiger partial charge in [-0.25, -0.2) is 0 Å². The average Bonchev–Trinajstić information content (AvgIpc) is 3.71. The lowest BCUT2D eigenvalue weighted by atomic mass is 9.28. The van der Waals surface area contributed by atoms with Crippen molar-refractivity contribution in [1.29, 1.82) is 0 Å². The van der Waals surface area contributed by atoms with Gasteiger partial charge in [-0.2, -0.15) is 0 Å². The highest BCUT2D eigenvalue weighted by atomic mass is 32.1. The first-order valence-electron chi connectivity index (χ1n) is 28.1. The summed E-state index contributed by atoms with van der Waals surface area (Å²) >= 11 is 3.98. The molecule has 0 bridgehead atoms. The van der Waals surface area contributed by atoms with E-state index in [2.05, 4.69) is 232 Å². The van der Waals surface area contributed by atoms with Crippen molar-refractivity contribution in [2.45, 2.75) is 105 Å². The summed E-state index contributed by atoms with van der Waals surface area (Å²) in [5.41, 5.74) is 32.0. The van der Waals surface area contributed by atoms with Gasteiger partial charge >= 0.3 is 13.7 Å². The van der Waals surface area contributed by atoms with Crippen LogP contribution in [0.5, 0.6) is 0 Å². The first-order valence-corrected chi connectivity index (χ1v) is 29.7. The SMILES string of the molecule is CC(C)(C)c1ccc2c(c1)B1c3ccc4c(sc5ccccc54)c3-c3cc(C(C)(C)C)cc4c3N1c1c-2cc2c3c1B4c1cc(C(C)(C)C)cc4c1N3B(c1cc(C(C)(C)C)ccc1-2)c1ccc2c(sc3ccccc32)c1-4. The summed E-state index contributed by atoms with van der Waals surface area (Å²) < 4.78 is 5.53. The normalized spacial score (nSPS) is 15.1. The Kier molecular flexibility index (Phi) is 8.39. The zero-order chi connectivity index (χ0) is 52.5. The minimum Gasteiger partial charge on any atom is -0.377 e. The van der Waals surface area contributed by atoms with Crippen molar-refractivity contribution in [2.75, 3.05) is 9.62 Å². The third kappa shape index (κ3) is 5.65. The molecule has 0 N–H and O–H groups in total. The van der Waals surface area contributed by atoms with E-state index in [-0.39, 0.29) is 42.1 Å². The van der Waals surface area contributed by atoms with Crippen LogP contribution in [-0.2, 0) is 21.7 Å². The predicted molar refractivity (Wildman–Crippen MR) is 341 cm³/mol. The van der Waals surface area contributed by atoms with Gasteiger partial charge in [0, 0.05) is 85.3 Å². The first-order chi connectivity index (χ1) is 36.7. The molecule has 0 fully saturated rings. The van der Waals surface area contributed by atoms with Crippen LogP contribution in [0.15, 0.2) is 140 Å². The van der Waals surface area contributed by atoms with E-state index in [0.29, 0.717) is 0 Å². The number of rotatable bonds is 0. The van der Waals surface area contributed by atoms with Crippen molar-refractivity contribution in [1.82, 2.24) is 0 Å². The van der Waals surface area contributed by atoms with Crippen LogP contribution in [0.3, 0.4) is 0 Å². The first kappa shape index (κ1) is 45.3. The Labute approximate surface area is 462 Å². The highest BCUT2D eigenvalue weighted by Crippen LogP contribution is 2.58. The van der Waals surface area contributed by atoms with Gasteiger partial charge in [-0.15, -0.1) is 22.7 Å². The van der Waals surface area contributed by atoms with Crippen molar-refractivity contribution >= 4 is 144 Å². The number of fused-ring (bicyclic) bond motifs is 22. The minimum absolute atomic E-state index is 0.0169. The number of hydrogen-bond donors (Lipinski definition) is 0. The Morgan fingerprint density at radius 1 is 0.325 bits per heavy atom. The Bertz CT molecular complexity index is 4310. The maximum Gasteiger partial charge on any atom is 0.329 e. The molecule has 17 rings (SSSR count). The summed E-state index contributed by atoms with van der Waals surface area (Å²) in [4.78, 5) is 5.81. The summed E-state index contributed by atoms with van der Waals surface area (Å²) in [5.74, 6) is 0. The molecule has 9 aromatic carbocycles. The second-order valence-electron chi connectivity index (χ2n) is 27.6. The van der Waals surface area contributed by atoms with E-state index in [1.54, 1.807) is 0 Å². The summed E-state index contributed by atoms with van der Waals surface area (Å²) in [6.45, 7) is 28.8. The molecule has 0 radical (unpaired) electrons. The van der Waals surface area contributed by atoms with Gasteiger partial charge in [0.25, 0.3) is 6.71 Å². The third-order valence-corrected chi connectivity index (χ3v) is 21.4. The largest absolute Gasteiger partial charge is 0.377 e. The second-order valence-corrected chi connectivity index (χ2v) is 29.7. The lowest BCUT2D eigenvalue weighted by Crippen LogP contribution is -2.72. The second kappa shape index (κ2) is 14.3. The Balaban J connectivity index is 1.10. The van der Waals surface area contributed by atoms with Gasteiger partial charge in [0.05, 0.1) is 0 Å². The van der Waals surface area contributed by atoms with Crippen LogP contribution < -0.4 is 47.9 Å². The van der Waals surface area contributed by atoms with Gasteiger partial charge in [0.15, 0.2) is 0 Å². The molecular weight excluding hydrogens is 965 g/mol. The summed E-state index contributed by atoms with van der Waals surface area (Å²) in [5, 5.41) is 5.44. The highest BCUT2D eigenvalue weighted by Gasteiger charge is 2.57. The number of thiophene rings is 2. The van der Waals surface area contributed by atoms with Crippen molar-refractivity contribution in [3.63, 3.8) is 0 Å². The molecule has 8 heterocycles.